The van der Waals surface area contributed by atoms with Gasteiger partial charge in [0.05, 0.1) is 16.2 Å². The number of nitrogens with one attached hydrogen (secondary N) is 2. The molecule has 0 aliphatic heterocycles. The topological polar surface area (TPSA) is 93.1 Å². The molecule has 2 aromatic rings. The van der Waals surface area contributed by atoms with Crippen molar-refractivity contribution in [2.75, 3.05) is 0 Å². The number of para-hydroxylation sites is 1. The van der Waals surface area contributed by atoms with Gasteiger partial charge in [0.2, 0.25) is 5.91 Å². The fourth-order valence-electron chi connectivity index (χ4n) is 2.66. The van der Waals surface area contributed by atoms with E-state index in [1.165, 1.54) is 11.8 Å². The van der Waals surface area contributed by atoms with Crippen LogP contribution in [0.4, 0.5) is 4.79 Å². The highest BCUT2D eigenvalue weighted by Crippen LogP contribution is 2.37. The second kappa shape index (κ2) is 7.34. The lowest BCUT2D eigenvalue weighted by Gasteiger charge is -2.21. The minimum atomic E-state index is -0.575. The molecule has 7 nitrogen and oxygen atoms in total. The number of rotatable bonds is 4. The van der Waals surface area contributed by atoms with Crippen LogP contribution in [0.2, 0.25) is 0 Å². The van der Waals surface area contributed by atoms with Gasteiger partial charge < -0.3 is 5.32 Å². The van der Waals surface area contributed by atoms with Crippen LogP contribution < -0.4 is 16.2 Å². The summed E-state index contributed by atoms with van der Waals surface area (Å²) < 4.78 is 1.69. The molecule has 1 aliphatic rings. The Hall–Kier alpha value is -2.35. The SMILES string of the molecule is CC(Sc1nc2ccccc2c(=O)n1C1CC1)C(=O)NC(=O)NC(C)(C)C. The molecule has 1 aromatic heterocycles. The first-order valence-electron chi connectivity index (χ1n) is 8.96. The summed E-state index contributed by atoms with van der Waals surface area (Å²) in [5, 5.41) is 5.56. The maximum absolute atomic E-state index is 12.9. The van der Waals surface area contributed by atoms with Crippen molar-refractivity contribution in [2.45, 2.75) is 62.5 Å². The van der Waals surface area contributed by atoms with Crippen LogP contribution in [0, 0.1) is 0 Å². The van der Waals surface area contributed by atoms with Gasteiger partial charge in [-0.05, 0) is 52.7 Å². The fourth-order valence-corrected chi connectivity index (χ4v) is 3.64. The molecule has 1 atom stereocenters. The maximum atomic E-state index is 12.9. The summed E-state index contributed by atoms with van der Waals surface area (Å²) in [6.07, 6.45) is 1.87. The van der Waals surface area contributed by atoms with Gasteiger partial charge in [0.1, 0.15) is 0 Å². The standard InChI is InChI=1S/C19H24N4O3S/c1-11(15(24)21-17(26)22-19(2,3)4)27-18-20-14-8-6-5-7-13(14)16(25)23(18)12-9-10-12/h5-8,11-12H,9-10H2,1-4H3,(H2,21,22,24,26). The molecule has 1 heterocycles. The van der Waals surface area contributed by atoms with E-state index >= 15 is 0 Å². The number of aromatic nitrogens is 2. The summed E-state index contributed by atoms with van der Waals surface area (Å²) in [6.45, 7) is 7.21. The molecule has 3 rings (SSSR count). The number of carbonyl (C=O) groups is 2. The number of imide groups is 1. The number of hydrogen-bond donors (Lipinski definition) is 2. The van der Waals surface area contributed by atoms with Gasteiger partial charge in [-0.3, -0.25) is 19.5 Å². The van der Waals surface area contributed by atoms with E-state index in [0.29, 0.717) is 16.1 Å². The minimum absolute atomic E-state index is 0.0799. The van der Waals surface area contributed by atoms with Crippen LogP contribution in [0.25, 0.3) is 10.9 Å². The molecule has 27 heavy (non-hydrogen) atoms. The van der Waals surface area contributed by atoms with Crippen LogP contribution in [0.5, 0.6) is 0 Å². The van der Waals surface area contributed by atoms with Crippen molar-refractivity contribution in [1.82, 2.24) is 20.2 Å². The van der Waals surface area contributed by atoms with E-state index in [0.717, 1.165) is 12.8 Å². The predicted octanol–water partition coefficient (Wildman–Crippen LogP) is 2.84. The molecular formula is C19H24N4O3S. The first-order chi connectivity index (χ1) is 12.7. The highest BCUT2D eigenvalue weighted by Gasteiger charge is 2.30. The average Bonchev–Trinajstić information content (AvgIpc) is 3.38. The molecule has 0 saturated heterocycles. The van der Waals surface area contributed by atoms with Gasteiger partial charge >= 0.3 is 6.03 Å². The summed E-state index contributed by atoms with van der Waals surface area (Å²) in [6, 6.07) is 6.81. The molecule has 1 aromatic carbocycles. The molecule has 3 amide bonds. The number of nitrogens with zero attached hydrogens (tertiary/aromatic N) is 2. The van der Waals surface area contributed by atoms with E-state index in [4.69, 9.17) is 0 Å². The lowest BCUT2D eigenvalue weighted by atomic mass is 10.1. The summed E-state index contributed by atoms with van der Waals surface area (Å²) in [7, 11) is 0. The second-order valence-corrected chi connectivity index (χ2v) is 9.08. The summed E-state index contributed by atoms with van der Waals surface area (Å²) in [5.74, 6) is -0.425. The largest absolute Gasteiger partial charge is 0.333 e. The number of hydrogen-bond acceptors (Lipinski definition) is 5. The van der Waals surface area contributed by atoms with Gasteiger partial charge in [-0.25, -0.2) is 9.78 Å². The van der Waals surface area contributed by atoms with E-state index in [1.807, 2.05) is 32.9 Å². The Morgan fingerprint density at radius 1 is 1.26 bits per heavy atom. The van der Waals surface area contributed by atoms with Crippen LogP contribution in [0.1, 0.15) is 46.6 Å². The summed E-state index contributed by atoms with van der Waals surface area (Å²) in [4.78, 5) is 41.8. The summed E-state index contributed by atoms with van der Waals surface area (Å²) in [5.41, 5.74) is 0.0938. The predicted molar refractivity (Wildman–Crippen MR) is 106 cm³/mol. The van der Waals surface area contributed by atoms with Gasteiger partial charge in [-0.15, -0.1) is 0 Å². The number of fused-ring (bicyclic) bond motifs is 1. The molecule has 1 aliphatic carbocycles. The number of benzene rings is 1. The molecule has 0 spiro atoms. The average molecular weight is 388 g/mol. The highest BCUT2D eigenvalue weighted by molar-refractivity contribution is 8.00. The molecular weight excluding hydrogens is 364 g/mol. The van der Waals surface area contributed by atoms with E-state index in [-0.39, 0.29) is 11.6 Å². The van der Waals surface area contributed by atoms with Crippen molar-refractivity contribution in [3.63, 3.8) is 0 Å². The van der Waals surface area contributed by atoms with Gasteiger partial charge in [0, 0.05) is 11.6 Å². The van der Waals surface area contributed by atoms with Crippen LogP contribution in [0.15, 0.2) is 34.2 Å². The maximum Gasteiger partial charge on any atom is 0.321 e. The zero-order valence-corrected chi connectivity index (χ0v) is 16.7. The van der Waals surface area contributed by atoms with Gasteiger partial charge in [0.15, 0.2) is 5.16 Å². The Labute approximate surface area is 161 Å². The van der Waals surface area contributed by atoms with Crippen LogP contribution in [-0.4, -0.2) is 32.3 Å². The van der Waals surface area contributed by atoms with E-state index in [2.05, 4.69) is 15.6 Å². The van der Waals surface area contributed by atoms with Crippen LogP contribution in [-0.2, 0) is 4.79 Å². The van der Waals surface area contributed by atoms with Gasteiger partial charge in [0.25, 0.3) is 5.56 Å². The molecule has 2 N–H and O–H groups in total. The smallest absolute Gasteiger partial charge is 0.321 e. The zero-order chi connectivity index (χ0) is 19.8. The highest BCUT2D eigenvalue weighted by atomic mass is 32.2. The van der Waals surface area contributed by atoms with Crippen molar-refractivity contribution in [3.05, 3.63) is 34.6 Å². The van der Waals surface area contributed by atoms with Crippen molar-refractivity contribution in [1.29, 1.82) is 0 Å². The normalized spacial score (nSPS) is 15.4. The van der Waals surface area contributed by atoms with Crippen molar-refractivity contribution >= 4 is 34.6 Å². The Bertz CT molecular complexity index is 944. The third kappa shape index (κ3) is 4.68. The first kappa shape index (κ1) is 19.4. The number of amides is 3. The summed E-state index contributed by atoms with van der Waals surface area (Å²) >= 11 is 1.20. The molecule has 0 radical (unpaired) electrons. The Balaban J connectivity index is 1.81. The first-order valence-corrected chi connectivity index (χ1v) is 9.84. The third-order valence-corrected chi connectivity index (χ3v) is 5.13. The molecule has 144 valence electrons. The van der Waals surface area contributed by atoms with E-state index in [1.54, 1.807) is 23.6 Å². The lowest BCUT2D eigenvalue weighted by Crippen LogP contribution is -2.49. The van der Waals surface area contributed by atoms with Crippen molar-refractivity contribution in [3.8, 4) is 0 Å². The second-order valence-electron chi connectivity index (χ2n) is 7.77. The molecule has 1 fully saturated rings. The van der Waals surface area contributed by atoms with Crippen LogP contribution >= 0.6 is 11.8 Å². The van der Waals surface area contributed by atoms with Gasteiger partial charge in [-0.1, -0.05) is 23.9 Å². The number of thioether (sulfide) groups is 1. The monoisotopic (exact) mass is 388 g/mol. The minimum Gasteiger partial charge on any atom is -0.333 e. The lowest BCUT2D eigenvalue weighted by molar-refractivity contribution is -0.119. The Kier molecular flexibility index (Phi) is 5.28. The van der Waals surface area contributed by atoms with Crippen molar-refractivity contribution < 1.29 is 9.59 Å². The number of urea groups is 1. The number of carbonyl (C=O) groups excluding carboxylic acids is 2. The van der Waals surface area contributed by atoms with Crippen LogP contribution in [0.3, 0.4) is 0 Å². The van der Waals surface area contributed by atoms with Gasteiger partial charge in [-0.2, -0.15) is 0 Å². The quantitative estimate of drug-likeness (QED) is 0.621. The van der Waals surface area contributed by atoms with E-state index in [9.17, 15) is 14.4 Å². The Morgan fingerprint density at radius 2 is 1.93 bits per heavy atom. The molecule has 1 unspecified atom stereocenters. The van der Waals surface area contributed by atoms with E-state index < -0.39 is 22.7 Å². The molecule has 8 heteroatoms. The third-order valence-electron chi connectivity index (χ3n) is 4.06. The molecule has 0 bridgehead atoms. The Morgan fingerprint density at radius 3 is 2.56 bits per heavy atom. The van der Waals surface area contributed by atoms with Crippen molar-refractivity contribution in [2.24, 2.45) is 0 Å². The zero-order valence-electron chi connectivity index (χ0n) is 15.9. The fraction of sp³-hybridized carbons (Fsp3) is 0.474. The molecule has 1 saturated carbocycles.